The van der Waals surface area contributed by atoms with Crippen molar-refractivity contribution in [3.05, 3.63) is 17.5 Å². The van der Waals surface area contributed by atoms with Crippen molar-refractivity contribution in [3.8, 4) is 0 Å². The quantitative estimate of drug-likeness (QED) is 0.873. The van der Waals surface area contributed by atoms with Crippen molar-refractivity contribution in [1.29, 1.82) is 0 Å². The Balaban J connectivity index is 2.13. The molecule has 0 saturated heterocycles. The smallest absolute Gasteiger partial charge is 0.0842 e. The van der Waals surface area contributed by atoms with Crippen molar-refractivity contribution in [2.45, 2.75) is 70.9 Å². The Morgan fingerprint density at radius 3 is 2.53 bits per heavy atom. The van der Waals surface area contributed by atoms with Crippen LogP contribution in [0.1, 0.15) is 57.3 Å². The van der Waals surface area contributed by atoms with Gasteiger partial charge in [-0.1, -0.05) is 33.1 Å². The zero-order valence-electron chi connectivity index (χ0n) is 11.1. The van der Waals surface area contributed by atoms with Gasteiger partial charge in [-0.25, -0.2) is 0 Å². The summed E-state index contributed by atoms with van der Waals surface area (Å²) in [7, 11) is 0. The van der Waals surface area contributed by atoms with Gasteiger partial charge in [0.2, 0.25) is 0 Å². The Kier molecular flexibility index (Phi) is 3.87. The summed E-state index contributed by atoms with van der Waals surface area (Å²) in [6, 6.07) is 2.17. The molecule has 3 nitrogen and oxygen atoms in total. The van der Waals surface area contributed by atoms with Gasteiger partial charge in [0.05, 0.1) is 17.8 Å². The van der Waals surface area contributed by atoms with Gasteiger partial charge in [0.25, 0.3) is 0 Å². The molecular weight excluding hydrogens is 212 g/mol. The summed E-state index contributed by atoms with van der Waals surface area (Å²) in [5, 5.41) is 15.2. The standard InChI is InChI=1S/C14H24N2O/c1-3-12-10-13(4-2)16(15-12)11-14(17)8-6-5-7-9-14/h10,17H,3-9,11H2,1-2H3. The average molecular weight is 236 g/mol. The molecule has 96 valence electrons. The zero-order chi connectivity index (χ0) is 12.3. The van der Waals surface area contributed by atoms with Crippen molar-refractivity contribution in [3.63, 3.8) is 0 Å². The Bertz CT molecular complexity index is 364. The van der Waals surface area contributed by atoms with Crippen molar-refractivity contribution in [2.24, 2.45) is 0 Å². The van der Waals surface area contributed by atoms with Gasteiger partial charge in [-0.3, -0.25) is 4.68 Å². The number of aryl methyl sites for hydroxylation is 2. The molecule has 0 amide bonds. The molecule has 0 radical (unpaired) electrons. The van der Waals surface area contributed by atoms with E-state index in [1.165, 1.54) is 12.1 Å². The van der Waals surface area contributed by atoms with Crippen LogP contribution in [0.2, 0.25) is 0 Å². The molecule has 1 fully saturated rings. The lowest BCUT2D eigenvalue weighted by molar-refractivity contribution is -0.0149. The molecule has 1 N–H and O–H groups in total. The van der Waals surface area contributed by atoms with Gasteiger partial charge in [-0.15, -0.1) is 0 Å². The van der Waals surface area contributed by atoms with Crippen LogP contribution in [0, 0.1) is 0 Å². The molecule has 0 unspecified atom stereocenters. The summed E-state index contributed by atoms with van der Waals surface area (Å²) >= 11 is 0. The first kappa shape index (κ1) is 12.6. The number of rotatable bonds is 4. The molecule has 0 aliphatic heterocycles. The predicted octanol–water partition coefficient (Wildman–Crippen LogP) is 2.70. The summed E-state index contributed by atoms with van der Waals surface area (Å²) < 4.78 is 2.03. The van der Waals surface area contributed by atoms with E-state index in [9.17, 15) is 5.11 Å². The Morgan fingerprint density at radius 2 is 1.94 bits per heavy atom. The highest BCUT2D eigenvalue weighted by Crippen LogP contribution is 2.29. The lowest BCUT2D eigenvalue weighted by atomic mass is 9.85. The minimum atomic E-state index is -0.515. The van der Waals surface area contributed by atoms with Crippen molar-refractivity contribution < 1.29 is 5.11 Å². The van der Waals surface area contributed by atoms with E-state index in [1.54, 1.807) is 0 Å². The average Bonchev–Trinajstić information content (AvgIpc) is 2.71. The second-order valence-electron chi connectivity index (χ2n) is 5.28. The Morgan fingerprint density at radius 1 is 1.24 bits per heavy atom. The van der Waals surface area contributed by atoms with E-state index in [-0.39, 0.29) is 0 Å². The summed E-state index contributed by atoms with van der Waals surface area (Å²) in [5.41, 5.74) is 1.88. The van der Waals surface area contributed by atoms with Crippen LogP contribution in [0.5, 0.6) is 0 Å². The van der Waals surface area contributed by atoms with Crippen LogP contribution in [0.4, 0.5) is 0 Å². The lowest BCUT2D eigenvalue weighted by Gasteiger charge is -2.32. The van der Waals surface area contributed by atoms with Gasteiger partial charge < -0.3 is 5.11 Å². The topological polar surface area (TPSA) is 38.0 Å². The lowest BCUT2D eigenvalue weighted by Crippen LogP contribution is -2.37. The normalized spacial score (nSPS) is 19.5. The minimum Gasteiger partial charge on any atom is -0.388 e. The zero-order valence-corrected chi connectivity index (χ0v) is 11.1. The predicted molar refractivity (Wildman–Crippen MR) is 69.0 cm³/mol. The van der Waals surface area contributed by atoms with E-state index >= 15 is 0 Å². The summed E-state index contributed by atoms with van der Waals surface area (Å²) in [5.74, 6) is 0. The highest BCUT2D eigenvalue weighted by Gasteiger charge is 2.30. The fourth-order valence-corrected chi connectivity index (χ4v) is 2.76. The van der Waals surface area contributed by atoms with Crippen LogP contribution in [0.25, 0.3) is 0 Å². The molecule has 0 atom stereocenters. The van der Waals surface area contributed by atoms with E-state index in [4.69, 9.17) is 0 Å². The second-order valence-corrected chi connectivity index (χ2v) is 5.28. The molecule has 0 spiro atoms. The van der Waals surface area contributed by atoms with Crippen LogP contribution >= 0.6 is 0 Å². The van der Waals surface area contributed by atoms with E-state index in [1.807, 2.05) is 4.68 Å². The SMILES string of the molecule is CCc1cc(CC)n(CC2(O)CCCCC2)n1. The van der Waals surface area contributed by atoms with E-state index in [2.05, 4.69) is 25.0 Å². The first-order valence-electron chi connectivity index (χ1n) is 6.95. The monoisotopic (exact) mass is 236 g/mol. The van der Waals surface area contributed by atoms with Gasteiger partial charge in [-0.2, -0.15) is 5.10 Å². The molecule has 0 aromatic carbocycles. The molecule has 1 heterocycles. The first-order chi connectivity index (χ1) is 8.17. The molecule has 3 heteroatoms. The molecule has 17 heavy (non-hydrogen) atoms. The molecule has 1 aromatic heterocycles. The van der Waals surface area contributed by atoms with Crippen LogP contribution in [0.3, 0.4) is 0 Å². The van der Waals surface area contributed by atoms with Crippen LogP contribution in [-0.2, 0) is 19.4 Å². The molecule has 2 rings (SSSR count). The minimum absolute atomic E-state index is 0.515. The third-order valence-electron chi connectivity index (χ3n) is 3.87. The van der Waals surface area contributed by atoms with E-state index in [0.29, 0.717) is 6.54 Å². The molecule has 0 bridgehead atoms. The van der Waals surface area contributed by atoms with Crippen LogP contribution in [-0.4, -0.2) is 20.5 Å². The van der Waals surface area contributed by atoms with Crippen LogP contribution < -0.4 is 0 Å². The highest BCUT2D eigenvalue weighted by atomic mass is 16.3. The van der Waals surface area contributed by atoms with Crippen molar-refractivity contribution in [1.82, 2.24) is 9.78 Å². The fourth-order valence-electron chi connectivity index (χ4n) is 2.76. The molecule has 1 saturated carbocycles. The highest BCUT2D eigenvalue weighted by molar-refractivity contribution is 5.11. The van der Waals surface area contributed by atoms with Gasteiger partial charge in [0.1, 0.15) is 0 Å². The number of hydrogen-bond donors (Lipinski definition) is 1. The third kappa shape index (κ3) is 2.89. The maximum atomic E-state index is 10.6. The second kappa shape index (κ2) is 5.21. The van der Waals surface area contributed by atoms with E-state index < -0.39 is 5.60 Å². The number of hydrogen-bond acceptors (Lipinski definition) is 2. The fraction of sp³-hybridized carbons (Fsp3) is 0.786. The summed E-state index contributed by atoms with van der Waals surface area (Å²) in [4.78, 5) is 0. The van der Waals surface area contributed by atoms with Crippen LogP contribution in [0.15, 0.2) is 6.07 Å². The van der Waals surface area contributed by atoms with Crippen molar-refractivity contribution >= 4 is 0 Å². The van der Waals surface area contributed by atoms with Gasteiger partial charge >= 0.3 is 0 Å². The largest absolute Gasteiger partial charge is 0.388 e. The molecule has 1 aliphatic carbocycles. The van der Waals surface area contributed by atoms with E-state index in [0.717, 1.165) is 44.2 Å². The number of aliphatic hydroxyl groups is 1. The Labute approximate surface area is 104 Å². The molecular formula is C14H24N2O. The number of aromatic nitrogens is 2. The third-order valence-corrected chi connectivity index (χ3v) is 3.87. The van der Waals surface area contributed by atoms with Gasteiger partial charge in [0.15, 0.2) is 0 Å². The maximum absolute atomic E-state index is 10.6. The number of nitrogens with zero attached hydrogens (tertiary/aromatic N) is 2. The first-order valence-corrected chi connectivity index (χ1v) is 6.95. The van der Waals surface area contributed by atoms with Gasteiger partial charge in [-0.05, 0) is 31.7 Å². The molecule has 1 aromatic rings. The van der Waals surface area contributed by atoms with Crippen molar-refractivity contribution in [2.75, 3.05) is 0 Å². The van der Waals surface area contributed by atoms with Gasteiger partial charge in [0, 0.05) is 5.69 Å². The Hall–Kier alpha value is -0.830. The maximum Gasteiger partial charge on any atom is 0.0842 e. The summed E-state index contributed by atoms with van der Waals surface area (Å²) in [6.45, 7) is 4.95. The summed E-state index contributed by atoms with van der Waals surface area (Å²) in [6.07, 6.45) is 7.39. The molecule has 1 aliphatic rings.